The van der Waals surface area contributed by atoms with Crippen LogP contribution in [0.15, 0.2) is 48.5 Å². The second-order valence-electron chi connectivity index (χ2n) is 9.07. The summed E-state index contributed by atoms with van der Waals surface area (Å²) in [4.78, 5) is 36.2. The van der Waals surface area contributed by atoms with Gasteiger partial charge in [-0.25, -0.2) is 4.79 Å². The van der Waals surface area contributed by atoms with Crippen LogP contribution in [-0.2, 0) is 14.3 Å². The Balaban J connectivity index is 1.35. The lowest BCUT2D eigenvalue weighted by atomic mass is 9.78. The Hall–Kier alpha value is -3.39. The molecule has 2 aliphatic carbocycles. The van der Waals surface area contributed by atoms with Crippen LogP contribution in [0.25, 0.3) is 11.1 Å². The minimum absolute atomic E-state index is 0.0599. The number of carbonyl (C=O) groups is 3. The van der Waals surface area contributed by atoms with Gasteiger partial charge in [0.05, 0.1) is 5.60 Å². The van der Waals surface area contributed by atoms with Gasteiger partial charge in [-0.2, -0.15) is 0 Å². The van der Waals surface area contributed by atoms with Crippen LogP contribution in [0.1, 0.15) is 55.6 Å². The van der Waals surface area contributed by atoms with E-state index in [4.69, 9.17) is 9.84 Å². The fraction of sp³-hybridized carbons (Fsp3) is 0.423. The molecular formula is C26H30N2O6. The van der Waals surface area contributed by atoms with Crippen LogP contribution in [-0.4, -0.2) is 53.0 Å². The van der Waals surface area contributed by atoms with E-state index in [1.165, 1.54) is 0 Å². The molecule has 1 unspecified atom stereocenters. The number of hydrogen-bond donors (Lipinski definition) is 4. The average Bonchev–Trinajstić information content (AvgIpc) is 3.13. The van der Waals surface area contributed by atoms with Crippen molar-refractivity contribution in [3.05, 3.63) is 59.7 Å². The summed E-state index contributed by atoms with van der Waals surface area (Å²) in [5.41, 5.74) is 3.64. The van der Waals surface area contributed by atoms with Gasteiger partial charge in [0, 0.05) is 18.9 Å². The monoisotopic (exact) mass is 466 g/mol. The molecule has 180 valence electrons. The second-order valence-corrected chi connectivity index (χ2v) is 9.07. The minimum atomic E-state index is -1.06. The summed E-state index contributed by atoms with van der Waals surface area (Å²) >= 11 is 0. The van der Waals surface area contributed by atoms with E-state index in [0.717, 1.165) is 28.7 Å². The fourth-order valence-corrected chi connectivity index (χ4v) is 4.70. The van der Waals surface area contributed by atoms with Crippen LogP contribution in [0.5, 0.6) is 0 Å². The highest BCUT2D eigenvalue weighted by Gasteiger charge is 2.34. The number of carbonyl (C=O) groups excluding carboxylic acids is 2. The molecule has 1 saturated carbocycles. The molecule has 2 aliphatic rings. The topological polar surface area (TPSA) is 125 Å². The number of alkyl carbamates (subject to hydrolysis) is 1. The number of aliphatic hydroxyl groups is 1. The first-order chi connectivity index (χ1) is 16.4. The van der Waals surface area contributed by atoms with E-state index >= 15 is 0 Å². The molecule has 2 aromatic carbocycles. The van der Waals surface area contributed by atoms with Crippen molar-refractivity contribution >= 4 is 18.0 Å². The standard InChI is InChI=1S/C26H30N2O6/c29-23(30)11-10-22(24(31)27-15-14-26(33)12-5-13-26)28-25(32)34-16-21-19-8-3-1-6-17(19)18-7-2-4-9-20(18)21/h1-4,6-9,21-22,33H,5,10-16H2,(H,27,31)(H,28,32)(H,29,30). The lowest BCUT2D eigenvalue weighted by molar-refractivity contribution is -0.137. The average molecular weight is 467 g/mol. The van der Waals surface area contributed by atoms with Crippen LogP contribution in [0.2, 0.25) is 0 Å². The Bertz CT molecular complexity index is 1020. The Labute approximate surface area is 198 Å². The van der Waals surface area contributed by atoms with E-state index in [9.17, 15) is 19.5 Å². The van der Waals surface area contributed by atoms with Gasteiger partial charge < -0.3 is 25.6 Å². The molecule has 0 aliphatic heterocycles. The predicted molar refractivity (Wildman–Crippen MR) is 125 cm³/mol. The number of rotatable bonds is 10. The quantitative estimate of drug-likeness (QED) is 0.426. The number of amides is 2. The zero-order valence-corrected chi connectivity index (χ0v) is 19.0. The third kappa shape index (κ3) is 5.39. The SMILES string of the molecule is O=C(O)CCC(NC(=O)OCC1c2ccccc2-c2ccccc21)C(=O)NCCC1(O)CCC1. The number of ether oxygens (including phenoxy) is 1. The van der Waals surface area contributed by atoms with E-state index in [0.29, 0.717) is 19.3 Å². The Morgan fingerprint density at radius 1 is 1.03 bits per heavy atom. The van der Waals surface area contributed by atoms with Gasteiger partial charge in [0.2, 0.25) is 5.91 Å². The summed E-state index contributed by atoms with van der Waals surface area (Å²) in [6, 6.07) is 14.9. The van der Waals surface area contributed by atoms with Gasteiger partial charge in [0.1, 0.15) is 12.6 Å². The van der Waals surface area contributed by atoms with Crippen molar-refractivity contribution in [3.63, 3.8) is 0 Å². The molecule has 0 bridgehead atoms. The number of aliphatic carboxylic acids is 1. The molecule has 8 heteroatoms. The van der Waals surface area contributed by atoms with Gasteiger partial charge >= 0.3 is 12.1 Å². The maximum atomic E-state index is 12.6. The van der Waals surface area contributed by atoms with E-state index in [1.807, 2.05) is 48.5 Å². The third-order valence-electron chi connectivity index (χ3n) is 6.77. The number of benzene rings is 2. The van der Waals surface area contributed by atoms with Crippen molar-refractivity contribution in [2.75, 3.05) is 13.2 Å². The molecular weight excluding hydrogens is 436 g/mol. The number of nitrogens with one attached hydrogen (secondary N) is 2. The molecule has 0 saturated heterocycles. The lowest BCUT2D eigenvalue weighted by Gasteiger charge is -2.36. The highest BCUT2D eigenvalue weighted by atomic mass is 16.5. The van der Waals surface area contributed by atoms with Gasteiger partial charge in [0.25, 0.3) is 0 Å². The van der Waals surface area contributed by atoms with Crippen molar-refractivity contribution in [2.45, 2.75) is 56.1 Å². The summed E-state index contributed by atoms with van der Waals surface area (Å²) in [7, 11) is 0. The van der Waals surface area contributed by atoms with Crippen molar-refractivity contribution in [2.24, 2.45) is 0 Å². The molecule has 0 aromatic heterocycles. The Kier molecular flexibility index (Phi) is 7.17. The van der Waals surface area contributed by atoms with Gasteiger partial charge in [-0.15, -0.1) is 0 Å². The Morgan fingerprint density at radius 2 is 1.65 bits per heavy atom. The predicted octanol–water partition coefficient (Wildman–Crippen LogP) is 3.18. The van der Waals surface area contributed by atoms with Gasteiger partial charge in [-0.3, -0.25) is 9.59 Å². The summed E-state index contributed by atoms with van der Waals surface area (Å²) < 4.78 is 5.49. The molecule has 34 heavy (non-hydrogen) atoms. The molecule has 4 rings (SSSR count). The summed E-state index contributed by atoms with van der Waals surface area (Å²) in [6.45, 7) is 0.353. The molecule has 2 aromatic rings. The number of fused-ring (bicyclic) bond motifs is 3. The van der Waals surface area contributed by atoms with E-state index in [-0.39, 0.29) is 31.9 Å². The molecule has 4 N–H and O–H groups in total. The first-order valence-corrected chi connectivity index (χ1v) is 11.7. The molecule has 0 heterocycles. The largest absolute Gasteiger partial charge is 0.481 e. The molecule has 1 fully saturated rings. The van der Waals surface area contributed by atoms with Crippen LogP contribution in [0, 0.1) is 0 Å². The smallest absolute Gasteiger partial charge is 0.407 e. The van der Waals surface area contributed by atoms with Gasteiger partial charge in [0.15, 0.2) is 0 Å². The maximum absolute atomic E-state index is 12.6. The molecule has 2 amide bonds. The lowest BCUT2D eigenvalue weighted by Crippen LogP contribution is -2.49. The van der Waals surface area contributed by atoms with Gasteiger partial charge in [-0.05, 0) is 54.4 Å². The highest BCUT2D eigenvalue weighted by molar-refractivity contribution is 5.86. The molecule has 0 spiro atoms. The van der Waals surface area contributed by atoms with Crippen molar-refractivity contribution in [1.82, 2.24) is 10.6 Å². The zero-order chi connectivity index (χ0) is 24.1. The van der Waals surface area contributed by atoms with Crippen molar-refractivity contribution in [3.8, 4) is 11.1 Å². The zero-order valence-electron chi connectivity index (χ0n) is 19.0. The fourth-order valence-electron chi connectivity index (χ4n) is 4.70. The highest BCUT2D eigenvalue weighted by Crippen LogP contribution is 2.44. The van der Waals surface area contributed by atoms with Crippen LogP contribution in [0.4, 0.5) is 4.79 Å². The summed E-state index contributed by atoms with van der Waals surface area (Å²) in [5, 5.41) is 24.4. The molecule has 0 radical (unpaired) electrons. The van der Waals surface area contributed by atoms with E-state index in [1.54, 1.807) is 0 Å². The maximum Gasteiger partial charge on any atom is 0.407 e. The first kappa shape index (κ1) is 23.8. The normalized spacial score (nSPS) is 16.5. The summed E-state index contributed by atoms with van der Waals surface area (Å²) in [6.07, 6.45) is 1.71. The number of carboxylic acids is 1. The van der Waals surface area contributed by atoms with Crippen molar-refractivity contribution < 1.29 is 29.3 Å². The molecule has 1 atom stereocenters. The van der Waals surface area contributed by atoms with E-state index < -0.39 is 29.6 Å². The number of carboxylic acid groups (broad SMARTS) is 1. The second kappa shape index (κ2) is 10.3. The Morgan fingerprint density at radius 3 is 2.21 bits per heavy atom. The molecule has 8 nitrogen and oxygen atoms in total. The first-order valence-electron chi connectivity index (χ1n) is 11.7. The number of hydrogen-bond acceptors (Lipinski definition) is 5. The van der Waals surface area contributed by atoms with Gasteiger partial charge in [-0.1, -0.05) is 48.5 Å². The van der Waals surface area contributed by atoms with Crippen LogP contribution in [0.3, 0.4) is 0 Å². The third-order valence-corrected chi connectivity index (χ3v) is 6.77. The summed E-state index contributed by atoms with van der Waals surface area (Å²) in [5.74, 6) is -1.67. The van der Waals surface area contributed by atoms with Crippen LogP contribution >= 0.6 is 0 Å². The van der Waals surface area contributed by atoms with Crippen LogP contribution < -0.4 is 10.6 Å². The van der Waals surface area contributed by atoms with E-state index in [2.05, 4.69) is 10.6 Å². The minimum Gasteiger partial charge on any atom is -0.481 e. The van der Waals surface area contributed by atoms with Crippen molar-refractivity contribution in [1.29, 1.82) is 0 Å².